The number of aliphatic imine (C=N–C) groups is 1. The normalized spacial score (nSPS) is 10.1. The van der Waals surface area contributed by atoms with Gasteiger partial charge in [-0.15, -0.1) is 0 Å². The van der Waals surface area contributed by atoms with Crippen LogP contribution in [0.2, 0.25) is 0 Å². The molecule has 13 heavy (non-hydrogen) atoms. The van der Waals surface area contributed by atoms with Crippen LogP contribution < -0.4 is 10.6 Å². The lowest BCUT2D eigenvalue weighted by molar-refractivity contribution is 0.734. The van der Waals surface area contributed by atoms with Crippen LogP contribution in [-0.2, 0) is 0 Å². The molecule has 0 radical (unpaired) electrons. The Labute approximate surface area is 83.0 Å². The first-order valence-electron chi connectivity index (χ1n) is 5.29. The quantitative estimate of drug-likeness (QED) is 0.401. The summed E-state index contributed by atoms with van der Waals surface area (Å²) in [6, 6.07) is 0. The second-order valence-corrected chi connectivity index (χ2v) is 2.38. The summed E-state index contributed by atoms with van der Waals surface area (Å²) in [5.74, 6) is 0.904. The van der Waals surface area contributed by atoms with E-state index in [-0.39, 0.29) is 0 Å². The van der Waals surface area contributed by atoms with E-state index < -0.39 is 0 Å². The maximum absolute atomic E-state index is 4.04. The third kappa shape index (κ3) is 11.3. The van der Waals surface area contributed by atoms with Gasteiger partial charge in [-0.3, -0.25) is 4.99 Å². The Bertz CT molecular complexity index is 111. The molecule has 0 aliphatic rings. The van der Waals surface area contributed by atoms with E-state index in [0.717, 1.165) is 19.0 Å². The number of nitrogens with zero attached hydrogens (tertiary/aromatic N) is 1. The standard InChI is InChI=1S/C8H19N3.C2H6/c1-4-6-7-11-8(9-3)10-5-2;1-2/h4-7H2,1-3H3,(H2,9,10,11);1-2H3. The van der Waals surface area contributed by atoms with Crippen molar-refractivity contribution in [3.63, 3.8) is 0 Å². The Hall–Kier alpha value is -0.730. The molecule has 2 N–H and O–H groups in total. The second kappa shape index (κ2) is 13.8. The van der Waals surface area contributed by atoms with E-state index in [4.69, 9.17) is 0 Å². The van der Waals surface area contributed by atoms with Crippen molar-refractivity contribution in [1.82, 2.24) is 10.6 Å². The van der Waals surface area contributed by atoms with Gasteiger partial charge >= 0.3 is 0 Å². The van der Waals surface area contributed by atoms with Crippen LogP contribution in [0.3, 0.4) is 0 Å². The highest BCUT2D eigenvalue weighted by molar-refractivity contribution is 5.79. The lowest BCUT2D eigenvalue weighted by Gasteiger charge is -2.08. The zero-order chi connectivity index (χ0) is 10.5. The van der Waals surface area contributed by atoms with Gasteiger partial charge in [0.1, 0.15) is 0 Å². The Kier molecular flexibility index (Phi) is 15.7. The van der Waals surface area contributed by atoms with Crippen LogP contribution in [0.25, 0.3) is 0 Å². The minimum atomic E-state index is 0.904. The van der Waals surface area contributed by atoms with E-state index in [1.165, 1.54) is 12.8 Å². The molecule has 0 unspecified atom stereocenters. The number of rotatable bonds is 4. The summed E-state index contributed by atoms with van der Waals surface area (Å²) in [4.78, 5) is 4.04. The molecule has 0 fully saturated rings. The van der Waals surface area contributed by atoms with Crippen LogP contribution in [0.5, 0.6) is 0 Å². The SMILES string of the molecule is CC.CCCCNC(=NC)NCC. The topological polar surface area (TPSA) is 36.4 Å². The molecule has 3 heteroatoms. The first-order valence-corrected chi connectivity index (χ1v) is 5.29. The third-order valence-corrected chi connectivity index (χ3v) is 1.39. The first-order chi connectivity index (χ1) is 6.35. The van der Waals surface area contributed by atoms with Gasteiger partial charge in [0.15, 0.2) is 5.96 Å². The van der Waals surface area contributed by atoms with Crippen molar-refractivity contribution in [2.75, 3.05) is 20.1 Å². The van der Waals surface area contributed by atoms with Crippen molar-refractivity contribution in [3.05, 3.63) is 0 Å². The Morgan fingerprint density at radius 2 is 1.77 bits per heavy atom. The van der Waals surface area contributed by atoms with Crippen molar-refractivity contribution >= 4 is 5.96 Å². The fraction of sp³-hybridized carbons (Fsp3) is 0.900. The van der Waals surface area contributed by atoms with Crippen LogP contribution in [0, 0.1) is 0 Å². The Morgan fingerprint density at radius 3 is 2.15 bits per heavy atom. The molecule has 3 nitrogen and oxygen atoms in total. The molecule has 0 amide bonds. The summed E-state index contributed by atoms with van der Waals surface area (Å²) < 4.78 is 0. The van der Waals surface area contributed by atoms with Crippen LogP contribution in [-0.4, -0.2) is 26.1 Å². The largest absolute Gasteiger partial charge is 0.357 e. The minimum absolute atomic E-state index is 0.904. The zero-order valence-corrected chi connectivity index (χ0v) is 9.78. The number of hydrogen-bond donors (Lipinski definition) is 2. The van der Waals surface area contributed by atoms with Crippen molar-refractivity contribution in [3.8, 4) is 0 Å². The van der Waals surface area contributed by atoms with E-state index in [2.05, 4.69) is 29.5 Å². The lowest BCUT2D eigenvalue weighted by Crippen LogP contribution is -2.37. The number of unbranched alkanes of at least 4 members (excludes halogenated alkanes) is 1. The predicted octanol–water partition coefficient (Wildman–Crippen LogP) is 2.00. The molecule has 0 bridgehead atoms. The molecule has 0 saturated heterocycles. The van der Waals surface area contributed by atoms with Gasteiger partial charge in [-0.25, -0.2) is 0 Å². The van der Waals surface area contributed by atoms with Crippen molar-refractivity contribution in [1.29, 1.82) is 0 Å². The zero-order valence-electron chi connectivity index (χ0n) is 9.78. The maximum atomic E-state index is 4.04. The fourth-order valence-electron chi connectivity index (χ4n) is 0.772. The molecule has 0 aliphatic carbocycles. The fourth-order valence-corrected chi connectivity index (χ4v) is 0.772. The Morgan fingerprint density at radius 1 is 1.15 bits per heavy atom. The summed E-state index contributed by atoms with van der Waals surface area (Å²) in [5, 5.41) is 6.34. The molecule has 0 rings (SSSR count). The van der Waals surface area contributed by atoms with Gasteiger partial charge in [0.2, 0.25) is 0 Å². The molecular formula is C10H25N3. The van der Waals surface area contributed by atoms with Crippen LogP contribution in [0.15, 0.2) is 4.99 Å². The van der Waals surface area contributed by atoms with Gasteiger partial charge in [0, 0.05) is 20.1 Å². The average molecular weight is 187 g/mol. The highest BCUT2D eigenvalue weighted by atomic mass is 15.2. The molecule has 0 aromatic rings. The van der Waals surface area contributed by atoms with Crippen molar-refractivity contribution < 1.29 is 0 Å². The summed E-state index contributed by atoms with van der Waals surface area (Å²) in [6.07, 6.45) is 2.42. The highest BCUT2D eigenvalue weighted by Crippen LogP contribution is 1.81. The average Bonchev–Trinajstić information content (AvgIpc) is 2.20. The monoisotopic (exact) mass is 187 g/mol. The van der Waals surface area contributed by atoms with Crippen molar-refractivity contribution in [2.45, 2.75) is 40.5 Å². The van der Waals surface area contributed by atoms with E-state index >= 15 is 0 Å². The number of guanidine groups is 1. The summed E-state index contributed by atoms with van der Waals surface area (Å²) in [7, 11) is 1.79. The Balaban J connectivity index is 0. The number of hydrogen-bond acceptors (Lipinski definition) is 1. The lowest BCUT2D eigenvalue weighted by atomic mass is 10.3. The number of nitrogens with one attached hydrogen (secondary N) is 2. The van der Waals surface area contributed by atoms with E-state index in [9.17, 15) is 0 Å². The highest BCUT2D eigenvalue weighted by Gasteiger charge is 1.91. The molecular weight excluding hydrogens is 162 g/mol. The predicted molar refractivity (Wildman–Crippen MR) is 61.3 cm³/mol. The summed E-state index contributed by atoms with van der Waals surface area (Å²) in [6.45, 7) is 10.2. The molecule has 0 saturated carbocycles. The van der Waals surface area contributed by atoms with Gasteiger partial charge in [-0.05, 0) is 13.3 Å². The molecule has 0 aromatic heterocycles. The molecule has 0 aliphatic heterocycles. The van der Waals surface area contributed by atoms with Crippen LogP contribution in [0.4, 0.5) is 0 Å². The summed E-state index contributed by atoms with van der Waals surface area (Å²) in [5.41, 5.74) is 0. The van der Waals surface area contributed by atoms with Gasteiger partial charge in [0.05, 0.1) is 0 Å². The third-order valence-electron chi connectivity index (χ3n) is 1.39. The van der Waals surface area contributed by atoms with Gasteiger partial charge < -0.3 is 10.6 Å². The minimum Gasteiger partial charge on any atom is -0.357 e. The second-order valence-electron chi connectivity index (χ2n) is 2.38. The summed E-state index contributed by atoms with van der Waals surface area (Å²) >= 11 is 0. The molecule has 0 spiro atoms. The first kappa shape index (κ1) is 14.8. The molecule has 0 aromatic carbocycles. The van der Waals surface area contributed by atoms with Gasteiger partial charge in [-0.2, -0.15) is 0 Å². The smallest absolute Gasteiger partial charge is 0.190 e. The molecule has 80 valence electrons. The van der Waals surface area contributed by atoms with Crippen LogP contribution in [0.1, 0.15) is 40.5 Å². The van der Waals surface area contributed by atoms with E-state index in [1.54, 1.807) is 7.05 Å². The van der Waals surface area contributed by atoms with E-state index in [1.807, 2.05) is 13.8 Å². The molecule has 0 heterocycles. The van der Waals surface area contributed by atoms with Gasteiger partial charge in [0.25, 0.3) is 0 Å². The van der Waals surface area contributed by atoms with E-state index in [0.29, 0.717) is 0 Å². The van der Waals surface area contributed by atoms with Gasteiger partial charge in [-0.1, -0.05) is 27.2 Å². The molecule has 0 atom stereocenters. The van der Waals surface area contributed by atoms with Crippen LogP contribution >= 0.6 is 0 Å². The maximum Gasteiger partial charge on any atom is 0.190 e. The van der Waals surface area contributed by atoms with Crippen molar-refractivity contribution in [2.24, 2.45) is 4.99 Å².